The van der Waals surface area contributed by atoms with Gasteiger partial charge in [-0.1, -0.05) is 13.8 Å². The molecule has 0 bridgehead atoms. The third kappa shape index (κ3) is 7.52. The molecule has 0 aromatic heterocycles. The number of ether oxygens (including phenoxy) is 2. The number of halogens is 3. The van der Waals surface area contributed by atoms with Crippen molar-refractivity contribution in [2.75, 3.05) is 20.3 Å². The van der Waals surface area contributed by atoms with E-state index in [0.717, 1.165) is 0 Å². The van der Waals surface area contributed by atoms with E-state index < -0.39 is 23.8 Å². The minimum absolute atomic E-state index is 0.280. The first-order valence-electron chi connectivity index (χ1n) is 6.35. The maximum absolute atomic E-state index is 12.3. The largest absolute Gasteiger partial charge is 0.395 e. The summed E-state index contributed by atoms with van der Waals surface area (Å²) in [6.07, 6.45) is -5.46. The predicted octanol–water partition coefficient (Wildman–Crippen LogP) is 3.37. The van der Waals surface area contributed by atoms with E-state index in [1.165, 1.54) is 7.11 Å². The SMILES string of the molecule is CCC(C)(CC(C)OCCOC)C(=O)CC(F)(F)F. The van der Waals surface area contributed by atoms with Gasteiger partial charge in [-0.3, -0.25) is 4.79 Å². The van der Waals surface area contributed by atoms with E-state index in [-0.39, 0.29) is 12.5 Å². The van der Waals surface area contributed by atoms with E-state index in [0.29, 0.717) is 19.6 Å². The fraction of sp³-hybridized carbons (Fsp3) is 0.923. The molecule has 0 saturated heterocycles. The monoisotopic (exact) mass is 284 g/mol. The minimum Gasteiger partial charge on any atom is -0.382 e. The molecule has 0 amide bonds. The summed E-state index contributed by atoms with van der Waals surface area (Å²) in [6, 6.07) is 0. The van der Waals surface area contributed by atoms with Crippen LogP contribution in [0.25, 0.3) is 0 Å². The van der Waals surface area contributed by atoms with Gasteiger partial charge >= 0.3 is 6.18 Å². The number of ketones is 1. The summed E-state index contributed by atoms with van der Waals surface area (Å²) >= 11 is 0. The quantitative estimate of drug-likeness (QED) is 0.609. The lowest BCUT2D eigenvalue weighted by Crippen LogP contribution is -2.34. The maximum atomic E-state index is 12.3. The number of alkyl halides is 3. The Hall–Kier alpha value is -0.620. The zero-order chi connectivity index (χ0) is 15.1. The van der Waals surface area contributed by atoms with Gasteiger partial charge in [0, 0.05) is 12.5 Å². The van der Waals surface area contributed by atoms with Crippen LogP contribution in [0.2, 0.25) is 0 Å². The molecule has 0 spiro atoms. The van der Waals surface area contributed by atoms with Crippen LogP contribution in [0.15, 0.2) is 0 Å². The predicted molar refractivity (Wildman–Crippen MR) is 66.0 cm³/mol. The molecule has 0 aliphatic heterocycles. The van der Waals surface area contributed by atoms with Gasteiger partial charge in [-0.15, -0.1) is 0 Å². The van der Waals surface area contributed by atoms with E-state index in [1.807, 2.05) is 0 Å². The molecule has 0 aromatic carbocycles. The lowest BCUT2D eigenvalue weighted by atomic mass is 9.77. The number of hydrogen-bond donors (Lipinski definition) is 0. The van der Waals surface area contributed by atoms with Crippen molar-refractivity contribution in [2.24, 2.45) is 5.41 Å². The molecule has 2 unspecified atom stereocenters. The highest BCUT2D eigenvalue weighted by molar-refractivity contribution is 5.84. The molecular weight excluding hydrogens is 261 g/mol. The molecule has 0 N–H and O–H groups in total. The Labute approximate surface area is 112 Å². The van der Waals surface area contributed by atoms with Gasteiger partial charge in [-0.2, -0.15) is 13.2 Å². The molecule has 0 radical (unpaired) electrons. The highest BCUT2D eigenvalue weighted by atomic mass is 19.4. The Bertz CT molecular complexity index is 279. The third-order valence-electron chi connectivity index (χ3n) is 3.24. The molecule has 0 aliphatic rings. The van der Waals surface area contributed by atoms with E-state index >= 15 is 0 Å². The van der Waals surface area contributed by atoms with Gasteiger partial charge in [0.2, 0.25) is 0 Å². The Kier molecular flexibility index (Phi) is 7.59. The van der Waals surface area contributed by atoms with Crippen LogP contribution in [0.1, 0.15) is 40.0 Å². The number of carbonyl (C=O) groups excluding carboxylic acids is 1. The second-order valence-corrected chi connectivity index (χ2v) is 5.01. The molecule has 114 valence electrons. The molecule has 2 atom stereocenters. The molecule has 0 aliphatic carbocycles. The van der Waals surface area contributed by atoms with Gasteiger partial charge in [0.1, 0.15) is 12.2 Å². The Morgan fingerprint density at radius 2 is 1.84 bits per heavy atom. The summed E-state index contributed by atoms with van der Waals surface area (Å²) in [5.74, 6) is -0.773. The number of rotatable bonds is 9. The van der Waals surface area contributed by atoms with Crippen molar-refractivity contribution in [1.82, 2.24) is 0 Å². The summed E-state index contributed by atoms with van der Waals surface area (Å²) in [4.78, 5) is 11.8. The highest BCUT2D eigenvalue weighted by Crippen LogP contribution is 2.34. The van der Waals surface area contributed by atoms with Crippen molar-refractivity contribution < 1.29 is 27.4 Å². The van der Waals surface area contributed by atoms with Crippen LogP contribution in [0, 0.1) is 5.41 Å². The third-order valence-corrected chi connectivity index (χ3v) is 3.24. The number of methoxy groups -OCH3 is 1. The lowest BCUT2D eigenvalue weighted by Gasteiger charge is -2.30. The molecule has 0 heterocycles. The molecule has 3 nitrogen and oxygen atoms in total. The minimum atomic E-state index is -4.45. The summed E-state index contributed by atoms with van der Waals surface area (Å²) in [6.45, 7) is 5.83. The van der Waals surface area contributed by atoms with Crippen molar-refractivity contribution in [1.29, 1.82) is 0 Å². The Balaban J connectivity index is 4.46. The van der Waals surface area contributed by atoms with E-state index in [1.54, 1.807) is 20.8 Å². The fourth-order valence-corrected chi connectivity index (χ4v) is 1.88. The number of Topliss-reactive ketones (excluding diaryl/α,β-unsaturated/α-hetero) is 1. The first-order chi connectivity index (χ1) is 8.64. The van der Waals surface area contributed by atoms with Crippen LogP contribution in [-0.2, 0) is 14.3 Å². The van der Waals surface area contributed by atoms with Crippen molar-refractivity contribution in [3.8, 4) is 0 Å². The highest BCUT2D eigenvalue weighted by Gasteiger charge is 2.40. The summed E-state index contributed by atoms with van der Waals surface area (Å²) in [5, 5.41) is 0. The molecule has 0 saturated carbocycles. The number of hydrogen-bond acceptors (Lipinski definition) is 3. The van der Waals surface area contributed by atoms with Crippen LogP contribution in [-0.4, -0.2) is 38.4 Å². The Morgan fingerprint density at radius 1 is 1.26 bits per heavy atom. The average molecular weight is 284 g/mol. The van der Waals surface area contributed by atoms with Gasteiger partial charge in [-0.05, 0) is 19.8 Å². The van der Waals surface area contributed by atoms with Crippen molar-refractivity contribution >= 4 is 5.78 Å². The van der Waals surface area contributed by atoms with Crippen LogP contribution < -0.4 is 0 Å². The first-order valence-corrected chi connectivity index (χ1v) is 6.35. The Morgan fingerprint density at radius 3 is 2.26 bits per heavy atom. The zero-order valence-corrected chi connectivity index (χ0v) is 12.0. The summed E-state index contributed by atoms with van der Waals surface area (Å²) in [5.41, 5.74) is -0.998. The molecule has 0 rings (SSSR count). The van der Waals surface area contributed by atoms with Crippen molar-refractivity contribution in [3.05, 3.63) is 0 Å². The topological polar surface area (TPSA) is 35.5 Å². The summed E-state index contributed by atoms with van der Waals surface area (Å²) < 4.78 is 47.1. The molecule has 0 aromatic rings. The average Bonchev–Trinajstić information content (AvgIpc) is 2.26. The van der Waals surface area contributed by atoms with Gasteiger partial charge in [0.05, 0.1) is 19.3 Å². The smallest absolute Gasteiger partial charge is 0.382 e. The van der Waals surface area contributed by atoms with Crippen molar-refractivity contribution in [3.63, 3.8) is 0 Å². The van der Waals surface area contributed by atoms with Crippen LogP contribution >= 0.6 is 0 Å². The van der Waals surface area contributed by atoms with E-state index in [2.05, 4.69) is 0 Å². The van der Waals surface area contributed by atoms with Crippen LogP contribution in [0.5, 0.6) is 0 Å². The standard InChI is InChI=1S/C13H23F3O3/c1-5-12(3,11(17)9-13(14,15)16)8-10(2)19-7-6-18-4/h10H,5-9H2,1-4H3. The van der Waals surface area contributed by atoms with Gasteiger partial charge in [-0.25, -0.2) is 0 Å². The van der Waals surface area contributed by atoms with Crippen molar-refractivity contribution in [2.45, 2.75) is 52.3 Å². The second kappa shape index (κ2) is 7.85. The maximum Gasteiger partial charge on any atom is 0.395 e. The second-order valence-electron chi connectivity index (χ2n) is 5.01. The van der Waals surface area contributed by atoms with Gasteiger partial charge < -0.3 is 9.47 Å². The molecule has 0 fully saturated rings. The summed E-state index contributed by atoms with van der Waals surface area (Å²) in [7, 11) is 1.54. The van der Waals surface area contributed by atoms with Gasteiger partial charge in [0.15, 0.2) is 0 Å². The molecular formula is C13H23F3O3. The number of carbonyl (C=O) groups is 1. The van der Waals surface area contributed by atoms with Crippen LogP contribution in [0.3, 0.4) is 0 Å². The molecule has 6 heteroatoms. The van der Waals surface area contributed by atoms with E-state index in [4.69, 9.17) is 9.47 Å². The lowest BCUT2D eigenvalue weighted by molar-refractivity contribution is -0.160. The van der Waals surface area contributed by atoms with Gasteiger partial charge in [0.25, 0.3) is 0 Å². The molecule has 19 heavy (non-hydrogen) atoms. The van der Waals surface area contributed by atoms with Crippen LogP contribution in [0.4, 0.5) is 13.2 Å². The zero-order valence-electron chi connectivity index (χ0n) is 12.0. The first kappa shape index (κ1) is 18.4. The normalized spacial score (nSPS) is 17.0. The van der Waals surface area contributed by atoms with E-state index in [9.17, 15) is 18.0 Å². The fourth-order valence-electron chi connectivity index (χ4n) is 1.88.